The van der Waals surface area contributed by atoms with Crippen LogP contribution >= 0.6 is 11.3 Å². The third kappa shape index (κ3) is 4.63. The zero-order valence-corrected chi connectivity index (χ0v) is 17.9. The number of aryl methyl sites for hydroxylation is 1. The van der Waals surface area contributed by atoms with Gasteiger partial charge in [0.25, 0.3) is 20.0 Å². The van der Waals surface area contributed by atoms with E-state index in [1.54, 1.807) is 12.1 Å². The minimum atomic E-state index is -4.08. The summed E-state index contributed by atoms with van der Waals surface area (Å²) in [4.78, 5) is 10.8. The van der Waals surface area contributed by atoms with E-state index in [1.165, 1.54) is 54.9 Å². The van der Waals surface area contributed by atoms with Gasteiger partial charge in [-0.2, -0.15) is 8.42 Å². The standard InChI is InChI=1S/C18H17N3O5S3/c1-13-3-7-16(8-4-13)28(23,24)20-18-21(11-12-27-18)29(25,26)17-9-5-15(6-10-17)19-14(2)22/h3-12H,1-2H3,(H,19,22)/b20-18+. The second kappa shape index (κ2) is 7.93. The molecule has 1 aromatic heterocycles. The Hall–Kier alpha value is -2.76. The molecule has 0 atom stereocenters. The number of amides is 1. The van der Waals surface area contributed by atoms with Crippen molar-refractivity contribution in [1.29, 1.82) is 0 Å². The summed E-state index contributed by atoms with van der Waals surface area (Å²) in [5.41, 5.74) is 1.33. The average molecular weight is 452 g/mol. The third-order valence-corrected chi connectivity index (χ3v) is 7.76. The molecule has 11 heteroatoms. The minimum Gasteiger partial charge on any atom is -0.326 e. The summed E-state index contributed by atoms with van der Waals surface area (Å²) in [5, 5.41) is 3.98. The van der Waals surface area contributed by atoms with E-state index in [4.69, 9.17) is 0 Å². The van der Waals surface area contributed by atoms with Gasteiger partial charge in [-0.15, -0.1) is 15.7 Å². The molecule has 0 fully saturated rings. The molecule has 0 bridgehead atoms. The Bertz CT molecular complexity index is 1320. The molecule has 0 aliphatic rings. The van der Waals surface area contributed by atoms with Gasteiger partial charge in [-0.05, 0) is 43.3 Å². The number of benzene rings is 2. The number of hydrogen-bond donors (Lipinski definition) is 1. The van der Waals surface area contributed by atoms with Crippen LogP contribution in [-0.2, 0) is 24.8 Å². The molecule has 0 saturated heterocycles. The Kier molecular flexibility index (Phi) is 5.73. The molecular formula is C18H17N3O5S3. The van der Waals surface area contributed by atoms with Crippen molar-refractivity contribution in [3.63, 3.8) is 0 Å². The predicted octanol–water partition coefficient (Wildman–Crippen LogP) is 2.34. The van der Waals surface area contributed by atoms with Crippen LogP contribution in [0.4, 0.5) is 5.69 Å². The topological polar surface area (TPSA) is 115 Å². The molecule has 0 aliphatic heterocycles. The molecule has 0 spiro atoms. The molecule has 1 amide bonds. The van der Waals surface area contributed by atoms with Crippen molar-refractivity contribution >= 4 is 43.0 Å². The van der Waals surface area contributed by atoms with Crippen LogP contribution in [0.15, 0.2) is 74.3 Å². The SMILES string of the molecule is CC(=O)Nc1ccc(S(=O)(=O)n2ccs/c2=N/S(=O)(=O)c2ccc(C)cc2)cc1. The molecule has 0 radical (unpaired) electrons. The predicted molar refractivity (Wildman–Crippen MR) is 110 cm³/mol. The Labute approximate surface area is 172 Å². The van der Waals surface area contributed by atoms with Gasteiger partial charge in [0.15, 0.2) is 0 Å². The first-order valence-electron chi connectivity index (χ1n) is 8.27. The van der Waals surface area contributed by atoms with E-state index in [1.807, 2.05) is 6.92 Å². The maximum Gasteiger partial charge on any atom is 0.285 e. The van der Waals surface area contributed by atoms with Gasteiger partial charge >= 0.3 is 0 Å². The van der Waals surface area contributed by atoms with Crippen LogP contribution in [0.2, 0.25) is 0 Å². The number of anilines is 1. The fraction of sp³-hybridized carbons (Fsp3) is 0.111. The monoisotopic (exact) mass is 451 g/mol. The van der Waals surface area contributed by atoms with Crippen molar-refractivity contribution in [2.45, 2.75) is 23.6 Å². The van der Waals surface area contributed by atoms with Gasteiger partial charge in [-0.1, -0.05) is 17.7 Å². The fourth-order valence-corrected chi connectivity index (χ4v) is 5.94. The minimum absolute atomic E-state index is 0.0277. The molecule has 152 valence electrons. The fourth-order valence-electron chi connectivity index (χ4n) is 2.40. The first kappa shape index (κ1) is 21.0. The van der Waals surface area contributed by atoms with E-state index in [0.717, 1.165) is 20.9 Å². The molecule has 1 N–H and O–H groups in total. The first-order valence-corrected chi connectivity index (χ1v) is 12.0. The maximum atomic E-state index is 12.9. The number of aromatic nitrogens is 1. The quantitative estimate of drug-likeness (QED) is 0.639. The van der Waals surface area contributed by atoms with Gasteiger partial charge in [-0.3, -0.25) is 4.79 Å². The molecule has 3 rings (SSSR count). The molecular weight excluding hydrogens is 434 g/mol. The Balaban J connectivity index is 2.03. The average Bonchev–Trinajstić information content (AvgIpc) is 3.10. The zero-order valence-electron chi connectivity index (χ0n) is 15.4. The lowest BCUT2D eigenvalue weighted by atomic mass is 10.2. The number of hydrogen-bond acceptors (Lipinski definition) is 6. The Morgan fingerprint density at radius 3 is 2.14 bits per heavy atom. The highest BCUT2D eigenvalue weighted by Crippen LogP contribution is 2.17. The van der Waals surface area contributed by atoms with Crippen LogP contribution in [0, 0.1) is 6.92 Å². The number of thiazole rings is 1. The van der Waals surface area contributed by atoms with E-state index in [9.17, 15) is 21.6 Å². The number of carbonyl (C=O) groups is 1. The van der Waals surface area contributed by atoms with E-state index in [2.05, 4.69) is 9.71 Å². The lowest BCUT2D eigenvalue weighted by Gasteiger charge is -2.07. The van der Waals surface area contributed by atoms with Crippen LogP contribution in [0.25, 0.3) is 0 Å². The largest absolute Gasteiger partial charge is 0.326 e. The summed E-state index contributed by atoms with van der Waals surface area (Å²) in [5.74, 6) is -0.282. The normalized spacial score (nSPS) is 12.7. The summed E-state index contributed by atoms with van der Waals surface area (Å²) < 4.78 is 55.6. The van der Waals surface area contributed by atoms with Crippen molar-refractivity contribution in [1.82, 2.24) is 3.97 Å². The van der Waals surface area contributed by atoms with Crippen molar-refractivity contribution < 1.29 is 21.6 Å². The summed E-state index contributed by atoms with van der Waals surface area (Å²) in [6.07, 6.45) is 1.24. The molecule has 2 aromatic carbocycles. The lowest BCUT2D eigenvalue weighted by molar-refractivity contribution is -0.114. The van der Waals surface area contributed by atoms with E-state index in [0.29, 0.717) is 5.69 Å². The van der Waals surface area contributed by atoms with Crippen molar-refractivity contribution in [3.05, 3.63) is 70.5 Å². The van der Waals surface area contributed by atoms with Gasteiger partial charge in [-0.25, -0.2) is 12.4 Å². The van der Waals surface area contributed by atoms with Gasteiger partial charge in [0, 0.05) is 24.2 Å². The number of nitrogens with zero attached hydrogens (tertiary/aromatic N) is 2. The zero-order chi connectivity index (χ0) is 21.2. The Morgan fingerprint density at radius 2 is 1.55 bits per heavy atom. The first-order chi connectivity index (χ1) is 13.6. The molecule has 0 saturated carbocycles. The van der Waals surface area contributed by atoms with Crippen LogP contribution in [0.3, 0.4) is 0 Å². The van der Waals surface area contributed by atoms with Crippen LogP contribution in [-0.4, -0.2) is 26.7 Å². The number of nitrogens with one attached hydrogen (secondary N) is 1. The number of sulfonamides is 1. The molecule has 3 aromatic rings. The molecule has 29 heavy (non-hydrogen) atoms. The van der Waals surface area contributed by atoms with Crippen molar-refractivity contribution in [3.8, 4) is 0 Å². The lowest BCUT2D eigenvalue weighted by Crippen LogP contribution is -2.24. The second-order valence-electron chi connectivity index (χ2n) is 6.07. The van der Waals surface area contributed by atoms with Gasteiger partial charge in [0.05, 0.1) is 9.79 Å². The molecule has 0 aliphatic carbocycles. The molecule has 0 unspecified atom stereocenters. The van der Waals surface area contributed by atoms with Crippen LogP contribution < -0.4 is 10.1 Å². The summed E-state index contributed by atoms with van der Waals surface area (Å²) in [6, 6.07) is 11.6. The second-order valence-corrected chi connectivity index (χ2v) is 10.4. The third-order valence-electron chi connectivity index (χ3n) is 3.81. The van der Waals surface area contributed by atoms with E-state index in [-0.39, 0.29) is 20.5 Å². The highest BCUT2D eigenvalue weighted by molar-refractivity contribution is 7.90. The summed E-state index contributed by atoms with van der Waals surface area (Å²) >= 11 is 0.888. The highest BCUT2D eigenvalue weighted by Gasteiger charge is 2.20. The Morgan fingerprint density at radius 1 is 0.966 bits per heavy atom. The van der Waals surface area contributed by atoms with Gasteiger partial charge < -0.3 is 5.32 Å². The van der Waals surface area contributed by atoms with E-state index < -0.39 is 20.0 Å². The van der Waals surface area contributed by atoms with Crippen molar-refractivity contribution in [2.24, 2.45) is 4.40 Å². The molecule has 8 nitrogen and oxygen atoms in total. The van der Waals surface area contributed by atoms with Gasteiger partial charge in [0.2, 0.25) is 10.7 Å². The van der Waals surface area contributed by atoms with Crippen LogP contribution in [0.5, 0.6) is 0 Å². The summed E-state index contributed by atoms with van der Waals surface area (Å²) in [7, 11) is -8.16. The van der Waals surface area contributed by atoms with E-state index >= 15 is 0 Å². The number of rotatable bonds is 5. The summed E-state index contributed by atoms with van der Waals surface area (Å²) in [6.45, 7) is 3.17. The van der Waals surface area contributed by atoms with Gasteiger partial charge in [0.1, 0.15) is 0 Å². The van der Waals surface area contributed by atoms with Crippen LogP contribution in [0.1, 0.15) is 12.5 Å². The molecule has 1 heterocycles. The highest BCUT2D eigenvalue weighted by atomic mass is 32.2. The number of carbonyl (C=O) groups excluding carboxylic acids is 1. The van der Waals surface area contributed by atoms with Crippen molar-refractivity contribution in [2.75, 3.05) is 5.32 Å². The smallest absolute Gasteiger partial charge is 0.285 e. The maximum absolute atomic E-state index is 12.9.